The Labute approximate surface area is 184 Å². The van der Waals surface area contributed by atoms with Crippen molar-refractivity contribution >= 4 is 29.3 Å². The normalized spacial score (nSPS) is 12.4. The van der Waals surface area contributed by atoms with Gasteiger partial charge in [-0.05, 0) is 55.5 Å². The Morgan fingerprint density at radius 1 is 0.969 bits per heavy atom. The first-order valence-electron chi connectivity index (χ1n) is 9.98. The predicted octanol–water partition coefficient (Wildman–Crippen LogP) is 4.17. The molecule has 1 aliphatic rings. The van der Waals surface area contributed by atoms with Crippen molar-refractivity contribution in [3.05, 3.63) is 71.8 Å². The van der Waals surface area contributed by atoms with Crippen molar-refractivity contribution in [3.8, 4) is 17.0 Å². The van der Waals surface area contributed by atoms with Crippen LogP contribution in [0.1, 0.15) is 27.6 Å². The molecule has 0 bridgehead atoms. The van der Waals surface area contributed by atoms with Crippen LogP contribution in [0.25, 0.3) is 11.3 Å². The third-order valence-corrected chi connectivity index (χ3v) is 5.06. The van der Waals surface area contributed by atoms with Crippen molar-refractivity contribution in [2.24, 2.45) is 0 Å². The summed E-state index contributed by atoms with van der Waals surface area (Å²) < 4.78 is 10.4. The Hall–Kier alpha value is -4.20. The molecule has 8 nitrogen and oxygen atoms in total. The lowest BCUT2D eigenvalue weighted by molar-refractivity contribution is 0.0600. The zero-order valence-electron chi connectivity index (χ0n) is 17.6. The SMILES string of the molecule is COC(=O)c1ccc(-c2ccc3c(n2)N(C(=O)Nc2ccc(C(C)=O)cc2)CCO3)cc1. The van der Waals surface area contributed by atoms with Gasteiger partial charge in [-0.1, -0.05) is 12.1 Å². The molecular formula is C24H21N3O5. The van der Waals surface area contributed by atoms with Crippen LogP contribution in [0.15, 0.2) is 60.7 Å². The van der Waals surface area contributed by atoms with E-state index in [0.29, 0.717) is 47.2 Å². The summed E-state index contributed by atoms with van der Waals surface area (Å²) in [6.07, 6.45) is 0. The van der Waals surface area contributed by atoms with E-state index in [0.717, 1.165) is 5.56 Å². The summed E-state index contributed by atoms with van der Waals surface area (Å²) in [6.45, 7) is 2.17. The number of aromatic nitrogens is 1. The van der Waals surface area contributed by atoms with E-state index < -0.39 is 5.97 Å². The van der Waals surface area contributed by atoms with Gasteiger partial charge < -0.3 is 14.8 Å². The number of nitrogens with one attached hydrogen (secondary N) is 1. The number of ketones is 1. The first-order chi connectivity index (χ1) is 15.5. The summed E-state index contributed by atoms with van der Waals surface area (Å²) in [5.74, 6) is 0.459. The number of methoxy groups -OCH3 is 1. The molecule has 2 amide bonds. The van der Waals surface area contributed by atoms with E-state index in [1.165, 1.54) is 18.9 Å². The molecule has 1 aromatic heterocycles. The average Bonchev–Trinajstić information content (AvgIpc) is 2.83. The third-order valence-electron chi connectivity index (χ3n) is 5.06. The van der Waals surface area contributed by atoms with Gasteiger partial charge in [0.2, 0.25) is 0 Å². The van der Waals surface area contributed by atoms with Crippen LogP contribution in [0.4, 0.5) is 16.3 Å². The number of benzene rings is 2. The Bertz CT molecular complexity index is 1170. The number of esters is 1. The van der Waals surface area contributed by atoms with E-state index in [9.17, 15) is 14.4 Å². The quantitative estimate of drug-likeness (QED) is 0.492. The maximum Gasteiger partial charge on any atom is 0.337 e. The highest BCUT2D eigenvalue weighted by atomic mass is 16.5. The molecule has 0 saturated heterocycles. The van der Waals surface area contributed by atoms with Crippen molar-refractivity contribution in [2.75, 3.05) is 30.5 Å². The summed E-state index contributed by atoms with van der Waals surface area (Å²) in [5, 5.41) is 2.83. The van der Waals surface area contributed by atoms with Gasteiger partial charge in [0.1, 0.15) is 6.61 Å². The van der Waals surface area contributed by atoms with Crippen LogP contribution < -0.4 is 15.0 Å². The number of nitrogens with zero attached hydrogens (tertiary/aromatic N) is 2. The molecule has 8 heteroatoms. The Balaban J connectivity index is 1.57. The maximum absolute atomic E-state index is 13.0. The van der Waals surface area contributed by atoms with Gasteiger partial charge in [0, 0.05) is 16.8 Å². The molecule has 0 unspecified atom stereocenters. The van der Waals surface area contributed by atoms with Gasteiger partial charge in [0.15, 0.2) is 17.4 Å². The smallest absolute Gasteiger partial charge is 0.337 e. The van der Waals surface area contributed by atoms with Crippen LogP contribution in [-0.2, 0) is 4.74 Å². The van der Waals surface area contributed by atoms with Crippen LogP contribution in [0, 0.1) is 0 Å². The summed E-state index contributed by atoms with van der Waals surface area (Å²) in [6, 6.07) is 16.8. The molecular weight excluding hydrogens is 410 g/mol. The number of carbonyl (C=O) groups is 3. The second-order valence-electron chi connectivity index (χ2n) is 7.15. The molecule has 2 heterocycles. The highest BCUT2D eigenvalue weighted by Crippen LogP contribution is 2.33. The topological polar surface area (TPSA) is 97.8 Å². The number of amides is 2. The molecule has 32 heavy (non-hydrogen) atoms. The summed E-state index contributed by atoms with van der Waals surface area (Å²) in [5.41, 5.74) is 3.00. The van der Waals surface area contributed by atoms with Crippen LogP contribution in [0.2, 0.25) is 0 Å². The average molecular weight is 431 g/mol. The second-order valence-corrected chi connectivity index (χ2v) is 7.15. The maximum atomic E-state index is 13.0. The zero-order chi connectivity index (χ0) is 22.7. The fraction of sp³-hybridized carbons (Fsp3) is 0.167. The van der Waals surface area contributed by atoms with Crippen LogP contribution in [0.5, 0.6) is 5.75 Å². The molecule has 0 saturated carbocycles. The number of urea groups is 1. The second kappa shape index (κ2) is 8.89. The molecule has 0 spiro atoms. The lowest BCUT2D eigenvalue weighted by atomic mass is 10.1. The summed E-state index contributed by atoms with van der Waals surface area (Å²) in [4.78, 5) is 42.2. The minimum Gasteiger partial charge on any atom is -0.488 e. The number of fused-ring (bicyclic) bond motifs is 1. The monoisotopic (exact) mass is 431 g/mol. The highest BCUT2D eigenvalue weighted by Gasteiger charge is 2.26. The Kier molecular flexibility index (Phi) is 5.85. The fourth-order valence-electron chi connectivity index (χ4n) is 3.33. The van der Waals surface area contributed by atoms with E-state index in [-0.39, 0.29) is 11.8 Å². The molecule has 0 radical (unpaired) electrons. The molecule has 1 N–H and O–H groups in total. The number of ether oxygens (including phenoxy) is 2. The molecule has 3 aromatic rings. The third kappa shape index (κ3) is 4.29. The van der Waals surface area contributed by atoms with Gasteiger partial charge in [-0.25, -0.2) is 14.6 Å². The fourth-order valence-corrected chi connectivity index (χ4v) is 3.33. The zero-order valence-corrected chi connectivity index (χ0v) is 17.6. The van der Waals surface area contributed by atoms with Gasteiger partial charge in [-0.2, -0.15) is 0 Å². The van der Waals surface area contributed by atoms with Crippen molar-refractivity contribution < 1.29 is 23.9 Å². The number of rotatable bonds is 4. The van der Waals surface area contributed by atoms with E-state index in [4.69, 9.17) is 9.47 Å². The van der Waals surface area contributed by atoms with Crippen molar-refractivity contribution in [2.45, 2.75) is 6.92 Å². The molecule has 0 aliphatic carbocycles. The number of hydrogen-bond donors (Lipinski definition) is 1. The van der Waals surface area contributed by atoms with Crippen molar-refractivity contribution in [1.29, 1.82) is 0 Å². The summed E-state index contributed by atoms with van der Waals surface area (Å²) >= 11 is 0. The van der Waals surface area contributed by atoms with E-state index in [1.807, 2.05) is 0 Å². The standard InChI is InChI=1S/C24H21N3O5/c1-15(28)16-7-9-19(10-8-16)25-24(30)27-13-14-32-21-12-11-20(26-22(21)27)17-3-5-18(6-4-17)23(29)31-2/h3-12H,13-14H2,1-2H3,(H,25,30). The molecule has 2 aromatic carbocycles. The Morgan fingerprint density at radius 2 is 1.66 bits per heavy atom. The molecule has 0 fully saturated rings. The van der Waals surface area contributed by atoms with Gasteiger partial charge in [-0.3, -0.25) is 9.69 Å². The first-order valence-corrected chi connectivity index (χ1v) is 9.98. The first kappa shape index (κ1) is 21.0. The number of Topliss-reactive ketones (excluding diaryl/α,β-unsaturated/α-hetero) is 1. The van der Waals surface area contributed by atoms with Gasteiger partial charge in [0.05, 0.1) is 24.9 Å². The van der Waals surface area contributed by atoms with Crippen molar-refractivity contribution in [1.82, 2.24) is 4.98 Å². The lowest BCUT2D eigenvalue weighted by Gasteiger charge is -2.28. The van der Waals surface area contributed by atoms with Crippen LogP contribution in [0.3, 0.4) is 0 Å². The van der Waals surface area contributed by atoms with Gasteiger partial charge >= 0.3 is 12.0 Å². The van der Waals surface area contributed by atoms with Crippen LogP contribution >= 0.6 is 0 Å². The lowest BCUT2D eigenvalue weighted by Crippen LogP contribution is -2.41. The predicted molar refractivity (Wildman–Crippen MR) is 119 cm³/mol. The van der Waals surface area contributed by atoms with Gasteiger partial charge in [0.25, 0.3) is 0 Å². The van der Waals surface area contributed by atoms with Gasteiger partial charge in [-0.15, -0.1) is 0 Å². The number of anilines is 2. The number of carbonyl (C=O) groups excluding carboxylic acids is 3. The Morgan fingerprint density at radius 3 is 2.31 bits per heavy atom. The molecule has 4 rings (SSSR count). The molecule has 1 aliphatic heterocycles. The minimum atomic E-state index is -0.414. The van der Waals surface area contributed by atoms with Crippen LogP contribution in [-0.4, -0.2) is 43.0 Å². The number of pyridine rings is 1. The van der Waals surface area contributed by atoms with E-state index >= 15 is 0 Å². The largest absolute Gasteiger partial charge is 0.488 e. The molecule has 0 atom stereocenters. The van der Waals surface area contributed by atoms with Crippen molar-refractivity contribution in [3.63, 3.8) is 0 Å². The highest BCUT2D eigenvalue weighted by molar-refractivity contribution is 6.03. The summed E-state index contributed by atoms with van der Waals surface area (Å²) in [7, 11) is 1.33. The molecule has 162 valence electrons. The van der Waals surface area contributed by atoms with E-state index in [2.05, 4.69) is 10.3 Å². The number of hydrogen-bond acceptors (Lipinski definition) is 6. The minimum absolute atomic E-state index is 0.0404. The van der Waals surface area contributed by atoms with E-state index in [1.54, 1.807) is 60.7 Å².